The summed E-state index contributed by atoms with van der Waals surface area (Å²) in [6.45, 7) is 0.669. The Morgan fingerprint density at radius 3 is 2.40 bits per heavy atom. The molecule has 1 N–H and O–H groups in total. The first-order chi connectivity index (χ1) is 6.72. The highest BCUT2D eigenvalue weighted by Gasteiger charge is 2.58. The van der Waals surface area contributed by atoms with Crippen LogP contribution in [0.5, 0.6) is 0 Å². The molecule has 1 unspecified atom stereocenters. The maximum Gasteiger partial charge on any atom is 0.399 e. The fourth-order valence-corrected chi connectivity index (χ4v) is 1.31. The van der Waals surface area contributed by atoms with Crippen molar-refractivity contribution in [3.05, 3.63) is 11.0 Å². The minimum Gasteiger partial charge on any atom is -0.763 e. The van der Waals surface area contributed by atoms with Gasteiger partial charge < -0.3 is 5.41 Å². The third kappa shape index (κ3) is 1.66. The second kappa shape index (κ2) is 3.20. The van der Waals surface area contributed by atoms with Crippen LogP contribution in [0, 0.1) is 5.41 Å². The maximum absolute atomic E-state index is 12.6. The van der Waals surface area contributed by atoms with Gasteiger partial charge >= 0.3 is 6.18 Å². The molecule has 0 spiro atoms. The number of hydrogen-bond donors (Lipinski definition) is 1. The number of carbonyl (C=O) groups excluding carboxylic acids is 2. The normalized spacial score (nSPS) is 27.3. The van der Waals surface area contributed by atoms with Gasteiger partial charge in [0.1, 0.15) is 5.41 Å². The molecule has 0 aromatic rings. The molecule has 1 fully saturated rings. The van der Waals surface area contributed by atoms with Crippen LogP contribution in [0.15, 0.2) is 5.57 Å². The molecule has 1 aliphatic heterocycles. The number of hydrogen-bond acceptors (Lipinski definition) is 2. The summed E-state index contributed by atoms with van der Waals surface area (Å²) in [4.78, 5) is 21.8. The smallest absolute Gasteiger partial charge is 0.399 e. The van der Waals surface area contributed by atoms with Gasteiger partial charge in [-0.05, 0) is 6.92 Å². The van der Waals surface area contributed by atoms with Gasteiger partial charge in [-0.15, -0.1) is 0 Å². The van der Waals surface area contributed by atoms with Crippen LogP contribution in [-0.4, -0.2) is 23.9 Å². The summed E-state index contributed by atoms with van der Waals surface area (Å²) in [5.41, 5.74) is -3.66. The van der Waals surface area contributed by atoms with E-state index in [1.54, 1.807) is 5.32 Å². The Balaban J connectivity index is 3.31. The topological polar surface area (TPSA) is 68.5 Å². The molecule has 4 nitrogen and oxygen atoms in total. The van der Waals surface area contributed by atoms with Gasteiger partial charge in [-0.25, -0.2) is 0 Å². The summed E-state index contributed by atoms with van der Waals surface area (Å²) >= 11 is 0. The summed E-state index contributed by atoms with van der Waals surface area (Å²) in [6.07, 6.45) is -5.74. The van der Waals surface area contributed by atoms with Gasteiger partial charge in [0.05, 0.1) is 5.57 Å². The zero-order valence-electron chi connectivity index (χ0n) is 7.60. The van der Waals surface area contributed by atoms with Gasteiger partial charge in [0.25, 0.3) is 5.91 Å². The minimum atomic E-state index is -4.80. The third-order valence-electron chi connectivity index (χ3n) is 2.28. The van der Waals surface area contributed by atoms with Crippen molar-refractivity contribution in [2.24, 2.45) is 5.41 Å². The molecule has 0 saturated carbocycles. The van der Waals surface area contributed by atoms with E-state index < -0.39 is 35.4 Å². The first kappa shape index (κ1) is 11.5. The van der Waals surface area contributed by atoms with E-state index in [4.69, 9.17) is 5.41 Å². The Morgan fingerprint density at radius 2 is 2.00 bits per heavy atom. The molecule has 0 aromatic carbocycles. The van der Waals surface area contributed by atoms with Crippen molar-refractivity contribution in [1.82, 2.24) is 5.32 Å². The van der Waals surface area contributed by atoms with E-state index in [1.165, 1.54) is 5.87 Å². The lowest BCUT2D eigenvalue weighted by molar-refractivity contribution is -0.209. The number of nitrogens with one attached hydrogen (secondary N) is 1. The van der Waals surface area contributed by atoms with Crippen LogP contribution in [0.1, 0.15) is 13.3 Å². The van der Waals surface area contributed by atoms with Crippen molar-refractivity contribution >= 4 is 17.7 Å². The summed E-state index contributed by atoms with van der Waals surface area (Å²) in [5.74, 6) is -1.09. The molecule has 7 heteroatoms. The molecule has 1 heterocycles. The molecular formula is C8H6F3N2O2-. The standard InChI is InChI=1S/C8H6F3N2O2/c1-7(8(9,10)11)2-5(14)13-6(15)4(7)3-12/h2H2,1H3,(H,13,14,15)/q-1. The highest BCUT2D eigenvalue weighted by molar-refractivity contribution is 6.13. The van der Waals surface area contributed by atoms with E-state index in [1.807, 2.05) is 0 Å². The average molecular weight is 219 g/mol. The number of alkyl halides is 3. The molecule has 0 bridgehead atoms. The van der Waals surface area contributed by atoms with Crippen LogP contribution in [0.2, 0.25) is 0 Å². The quantitative estimate of drug-likeness (QED) is 0.371. The summed E-state index contributed by atoms with van der Waals surface area (Å²) in [5, 5.41) is 10.2. The van der Waals surface area contributed by atoms with E-state index in [-0.39, 0.29) is 0 Å². The summed E-state index contributed by atoms with van der Waals surface area (Å²) in [6, 6.07) is 0. The molecule has 82 valence electrons. The van der Waals surface area contributed by atoms with Crippen LogP contribution in [0.4, 0.5) is 13.2 Å². The second-order valence-corrected chi connectivity index (χ2v) is 3.37. The van der Waals surface area contributed by atoms with E-state index in [0.717, 1.165) is 0 Å². The predicted octanol–water partition coefficient (Wildman–Crippen LogP) is 0.767. The number of halogens is 3. The molecule has 1 aliphatic rings. The lowest BCUT2D eigenvalue weighted by Crippen LogP contribution is -2.52. The van der Waals surface area contributed by atoms with Crippen molar-refractivity contribution in [3.8, 4) is 0 Å². The predicted molar refractivity (Wildman–Crippen MR) is 43.8 cm³/mol. The van der Waals surface area contributed by atoms with Crippen molar-refractivity contribution in [3.63, 3.8) is 0 Å². The number of imide groups is 1. The fourth-order valence-electron chi connectivity index (χ4n) is 1.31. The SMILES string of the molecule is CC1(C(F)(F)F)CC(=O)NC(=O)C1=C=[N-]. The number of nitrogens with zero attached hydrogens (tertiary/aromatic N) is 1. The van der Waals surface area contributed by atoms with Gasteiger partial charge in [0.2, 0.25) is 5.91 Å². The Labute approximate surface area is 82.7 Å². The van der Waals surface area contributed by atoms with Crippen LogP contribution < -0.4 is 5.32 Å². The number of rotatable bonds is 0. The second-order valence-electron chi connectivity index (χ2n) is 3.37. The van der Waals surface area contributed by atoms with Crippen LogP contribution in [0.25, 0.3) is 5.41 Å². The molecule has 1 rings (SSSR count). The zero-order valence-corrected chi connectivity index (χ0v) is 7.60. The lowest BCUT2D eigenvalue weighted by atomic mass is 9.76. The van der Waals surface area contributed by atoms with E-state index in [9.17, 15) is 22.8 Å². The summed E-state index contributed by atoms with van der Waals surface area (Å²) in [7, 11) is 0. The number of piperidine rings is 1. The van der Waals surface area contributed by atoms with Crippen LogP contribution in [-0.2, 0) is 9.59 Å². The molecule has 0 radical (unpaired) electrons. The van der Waals surface area contributed by atoms with Crippen molar-refractivity contribution in [1.29, 1.82) is 0 Å². The fraction of sp³-hybridized carbons (Fsp3) is 0.500. The molecular weight excluding hydrogens is 213 g/mol. The molecule has 0 aromatic heterocycles. The van der Waals surface area contributed by atoms with E-state index in [0.29, 0.717) is 6.92 Å². The monoisotopic (exact) mass is 219 g/mol. The van der Waals surface area contributed by atoms with Gasteiger partial charge in [-0.1, -0.05) is 0 Å². The van der Waals surface area contributed by atoms with Gasteiger partial charge in [-0.3, -0.25) is 20.8 Å². The minimum absolute atomic E-state index is 0.669. The van der Waals surface area contributed by atoms with E-state index >= 15 is 0 Å². The largest absolute Gasteiger partial charge is 0.763 e. The zero-order chi connectivity index (χ0) is 11.9. The molecule has 2 amide bonds. The molecule has 0 aliphatic carbocycles. The Hall–Kier alpha value is -1.62. The first-order valence-corrected chi connectivity index (χ1v) is 3.91. The van der Waals surface area contributed by atoms with E-state index in [2.05, 4.69) is 0 Å². The third-order valence-corrected chi connectivity index (χ3v) is 2.28. The van der Waals surface area contributed by atoms with Crippen molar-refractivity contribution in [2.45, 2.75) is 19.5 Å². The Morgan fingerprint density at radius 1 is 1.47 bits per heavy atom. The van der Waals surface area contributed by atoms with Crippen molar-refractivity contribution < 1.29 is 22.8 Å². The van der Waals surface area contributed by atoms with Crippen LogP contribution in [0.3, 0.4) is 0 Å². The molecule has 1 saturated heterocycles. The highest BCUT2D eigenvalue weighted by Crippen LogP contribution is 2.47. The number of carbonyl (C=O) groups is 2. The van der Waals surface area contributed by atoms with Gasteiger partial charge in [-0.2, -0.15) is 13.2 Å². The van der Waals surface area contributed by atoms with Gasteiger partial charge in [0, 0.05) is 6.42 Å². The molecule has 1 atom stereocenters. The van der Waals surface area contributed by atoms with Crippen molar-refractivity contribution in [2.75, 3.05) is 0 Å². The average Bonchev–Trinajstić information content (AvgIpc) is 2.00. The first-order valence-electron chi connectivity index (χ1n) is 3.91. The highest BCUT2D eigenvalue weighted by atomic mass is 19.4. The Bertz CT molecular complexity index is 382. The molecule has 15 heavy (non-hydrogen) atoms. The Kier molecular flexibility index (Phi) is 2.44. The van der Waals surface area contributed by atoms with Gasteiger partial charge in [0.15, 0.2) is 0 Å². The summed E-state index contributed by atoms with van der Waals surface area (Å²) < 4.78 is 37.8. The maximum atomic E-state index is 12.6. The van der Waals surface area contributed by atoms with Crippen LogP contribution >= 0.6 is 0 Å². The number of amides is 2. The lowest BCUT2D eigenvalue weighted by Gasteiger charge is -2.35.